The molecule has 0 unspecified atom stereocenters. The molecule has 0 atom stereocenters. The number of carbonyl (C=O) groups is 1. The molecule has 1 aromatic heterocycles. The molecule has 0 saturated carbocycles. The summed E-state index contributed by atoms with van der Waals surface area (Å²) in [5, 5.41) is 7.12. The molecule has 2 rings (SSSR count). The van der Waals surface area contributed by atoms with Gasteiger partial charge in [0.25, 0.3) is 5.91 Å². The van der Waals surface area contributed by atoms with Crippen LogP contribution in [0.1, 0.15) is 36.9 Å². The monoisotopic (exact) mass is 384 g/mol. The fraction of sp³-hybridized carbons (Fsp3) is 0.312. The molecule has 0 spiro atoms. The number of aromatic nitrogens is 1. The van der Waals surface area contributed by atoms with Crippen molar-refractivity contribution in [2.45, 2.75) is 33.2 Å². The number of thiocarbonyl (C=S) groups is 1. The van der Waals surface area contributed by atoms with Gasteiger partial charge in [-0.1, -0.05) is 22.8 Å². The Hall–Kier alpha value is -2.19. The Kier molecular flexibility index (Phi) is 5.64. The second kappa shape index (κ2) is 7.37. The van der Waals surface area contributed by atoms with Crippen molar-refractivity contribution in [3.05, 3.63) is 40.4 Å². The van der Waals surface area contributed by atoms with Crippen LogP contribution in [0.3, 0.4) is 0 Å². The van der Waals surface area contributed by atoms with Gasteiger partial charge in [-0.05, 0) is 52.0 Å². The maximum atomic E-state index is 14.1. The molecule has 1 heterocycles. The smallest absolute Gasteiger partial charge is 0.275 e. The highest BCUT2D eigenvalue weighted by molar-refractivity contribution is 7.80. The van der Waals surface area contributed by atoms with Gasteiger partial charge in [-0.3, -0.25) is 15.6 Å². The zero-order chi connectivity index (χ0) is 18.8. The summed E-state index contributed by atoms with van der Waals surface area (Å²) >= 11 is 11.1. The van der Waals surface area contributed by atoms with E-state index in [1.54, 1.807) is 6.92 Å². The second-order valence-electron chi connectivity index (χ2n) is 6.34. The summed E-state index contributed by atoms with van der Waals surface area (Å²) in [5.74, 6) is -0.956. The van der Waals surface area contributed by atoms with E-state index in [4.69, 9.17) is 28.3 Å². The minimum Gasteiger partial charge on any atom is -0.360 e. The molecule has 9 heteroatoms. The lowest BCUT2D eigenvalue weighted by molar-refractivity contribution is 0.0942. The van der Waals surface area contributed by atoms with E-state index in [9.17, 15) is 9.18 Å². The maximum Gasteiger partial charge on any atom is 0.275 e. The molecule has 0 aliphatic rings. The van der Waals surface area contributed by atoms with Gasteiger partial charge in [-0.15, -0.1) is 0 Å². The lowest BCUT2D eigenvalue weighted by Gasteiger charge is -2.23. The number of hydrogen-bond acceptors (Lipinski definition) is 4. The highest BCUT2D eigenvalue weighted by Gasteiger charge is 2.25. The summed E-state index contributed by atoms with van der Waals surface area (Å²) in [6, 6.07) is 4.20. The number of halogens is 2. The topological polar surface area (TPSA) is 79.2 Å². The van der Waals surface area contributed by atoms with E-state index in [1.165, 1.54) is 18.2 Å². The highest BCUT2D eigenvalue weighted by atomic mass is 35.5. The Labute approximate surface area is 155 Å². The van der Waals surface area contributed by atoms with Crippen molar-refractivity contribution in [2.24, 2.45) is 0 Å². The fourth-order valence-electron chi connectivity index (χ4n) is 2.08. The Morgan fingerprint density at radius 3 is 2.60 bits per heavy atom. The van der Waals surface area contributed by atoms with Crippen LogP contribution in [0.15, 0.2) is 22.7 Å². The molecule has 0 saturated heterocycles. The quantitative estimate of drug-likeness (QED) is 0.544. The molecule has 3 N–H and O–H groups in total. The summed E-state index contributed by atoms with van der Waals surface area (Å²) < 4.78 is 19.2. The van der Waals surface area contributed by atoms with Gasteiger partial charge < -0.3 is 9.84 Å². The van der Waals surface area contributed by atoms with Gasteiger partial charge in [0.1, 0.15) is 22.8 Å². The molecular formula is C16H18ClFN4O2S. The fourth-order valence-corrected chi connectivity index (χ4v) is 2.69. The summed E-state index contributed by atoms with van der Waals surface area (Å²) in [6.07, 6.45) is 0. The normalized spacial score (nSPS) is 11.1. The minimum absolute atomic E-state index is 0.00144. The number of rotatable bonds is 2. The van der Waals surface area contributed by atoms with E-state index in [2.05, 4.69) is 21.3 Å². The number of hydrogen-bond donors (Lipinski definition) is 3. The molecule has 0 aliphatic carbocycles. The molecule has 0 radical (unpaired) electrons. The molecule has 1 aromatic carbocycles. The molecule has 0 fully saturated rings. The van der Waals surface area contributed by atoms with Gasteiger partial charge in [0.2, 0.25) is 0 Å². The third-order valence-corrected chi connectivity index (χ3v) is 3.59. The molecule has 0 bridgehead atoms. The van der Waals surface area contributed by atoms with Gasteiger partial charge in [0, 0.05) is 5.54 Å². The van der Waals surface area contributed by atoms with E-state index in [-0.39, 0.29) is 38.3 Å². The molecule has 2 aromatic rings. The molecular weight excluding hydrogens is 367 g/mol. The first-order valence-corrected chi connectivity index (χ1v) is 8.18. The molecule has 25 heavy (non-hydrogen) atoms. The standard InChI is InChI=1S/C16H18ClFN4O2S/c1-8-11(14(23)20-21-15(25)19-16(2,3)4)13(22-24-8)12-9(17)6-5-7-10(12)18/h5-7H,1-4H3,(H,20,23)(H2,19,21,25). The molecule has 0 aliphatic heterocycles. The molecule has 6 nitrogen and oxygen atoms in total. The Bertz CT molecular complexity index is 797. The maximum absolute atomic E-state index is 14.1. The Morgan fingerprint density at radius 1 is 1.32 bits per heavy atom. The SMILES string of the molecule is Cc1onc(-c2c(F)cccc2Cl)c1C(=O)NNC(=S)NC(C)(C)C. The number of benzene rings is 1. The van der Waals surface area contributed by atoms with E-state index >= 15 is 0 Å². The van der Waals surface area contributed by atoms with Crippen molar-refractivity contribution in [1.29, 1.82) is 0 Å². The number of nitrogens with zero attached hydrogens (tertiary/aromatic N) is 1. The van der Waals surface area contributed by atoms with Crippen LogP contribution >= 0.6 is 23.8 Å². The first-order valence-electron chi connectivity index (χ1n) is 7.39. The van der Waals surface area contributed by atoms with E-state index in [1.807, 2.05) is 20.8 Å². The summed E-state index contributed by atoms with van der Waals surface area (Å²) in [5.41, 5.74) is 4.85. The Morgan fingerprint density at radius 2 is 2.00 bits per heavy atom. The summed E-state index contributed by atoms with van der Waals surface area (Å²) in [4.78, 5) is 12.5. The van der Waals surface area contributed by atoms with Crippen LogP contribution in [0.25, 0.3) is 11.3 Å². The predicted octanol–water partition coefficient (Wildman–Crippen LogP) is 3.35. The number of nitrogens with one attached hydrogen (secondary N) is 3. The van der Waals surface area contributed by atoms with Crippen molar-refractivity contribution < 1.29 is 13.7 Å². The number of hydrazine groups is 1. The largest absolute Gasteiger partial charge is 0.360 e. The van der Waals surface area contributed by atoms with Gasteiger partial charge in [0.15, 0.2) is 5.11 Å². The average molecular weight is 385 g/mol. The third kappa shape index (κ3) is 4.67. The second-order valence-corrected chi connectivity index (χ2v) is 7.16. The highest BCUT2D eigenvalue weighted by Crippen LogP contribution is 2.33. The van der Waals surface area contributed by atoms with Gasteiger partial charge in [-0.25, -0.2) is 4.39 Å². The van der Waals surface area contributed by atoms with Crippen molar-refractivity contribution in [3.8, 4) is 11.3 Å². The van der Waals surface area contributed by atoms with E-state index in [0.717, 1.165) is 0 Å². The number of amides is 1. The average Bonchev–Trinajstić information content (AvgIpc) is 2.84. The van der Waals surface area contributed by atoms with Gasteiger partial charge in [0.05, 0.1) is 10.6 Å². The van der Waals surface area contributed by atoms with Crippen LogP contribution < -0.4 is 16.2 Å². The van der Waals surface area contributed by atoms with Crippen molar-refractivity contribution in [1.82, 2.24) is 21.3 Å². The minimum atomic E-state index is -0.604. The predicted molar refractivity (Wildman–Crippen MR) is 97.7 cm³/mol. The lowest BCUT2D eigenvalue weighted by atomic mass is 10.1. The first-order chi connectivity index (χ1) is 11.6. The van der Waals surface area contributed by atoms with Gasteiger partial charge in [-0.2, -0.15) is 0 Å². The first kappa shape index (κ1) is 19.1. The van der Waals surface area contributed by atoms with Crippen LogP contribution in [-0.4, -0.2) is 21.7 Å². The van der Waals surface area contributed by atoms with Crippen LogP contribution in [0.2, 0.25) is 5.02 Å². The van der Waals surface area contributed by atoms with Crippen LogP contribution in [0.5, 0.6) is 0 Å². The van der Waals surface area contributed by atoms with E-state index < -0.39 is 11.7 Å². The summed E-state index contributed by atoms with van der Waals surface area (Å²) in [7, 11) is 0. The third-order valence-electron chi connectivity index (χ3n) is 3.07. The lowest BCUT2D eigenvalue weighted by Crippen LogP contribution is -2.52. The molecule has 1 amide bonds. The van der Waals surface area contributed by atoms with Crippen molar-refractivity contribution >= 4 is 34.8 Å². The number of aryl methyl sites for hydroxylation is 1. The van der Waals surface area contributed by atoms with Crippen molar-refractivity contribution in [3.63, 3.8) is 0 Å². The van der Waals surface area contributed by atoms with Crippen LogP contribution in [0.4, 0.5) is 4.39 Å². The van der Waals surface area contributed by atoms with E-state index in [0.29, 0.717) is 0 Å². The zero-order valence-corrected chi connectivity index (χ0v) is 15.7. The summed E-state index contributed by atoms with van der Waals surface area (Å²) in [6.45, 7) is 7.31. The molecule has 134 valence electrons. The van der Waals surface area contributed by atoms with Crippen LogP contribution in [-0.2, 0) is 0 Å². The van der Waals surface area contributed by atoms with Crippen LogP contribution in [0, 0.1) is 12.7 Å². The zero-order valence-electron chi connectivity index (χ0n) is 14.2. The van der Waals surface area contributed by atoms with Crippen molar-refractivity contribution in [2.75, 3.05) is 0 Å². The Balaban J connectivity index is 2.25. The van der Waals surface area contributed by atoms with Gasteiger partial charge >= 0.3 is 0 Å². The number of carbonyl (C=O) groups excluding carboxylic acids is 1.